The van der Waals surface area contributed by atoms with E-state index in [1.165, 1.54) is 18.2 Å². The van der Waals surface area contributed by atoms with Gasteiger partial charge in [-0.1, -0.05) is 25.1 Å². The molecular weight excluding hydrogens is 548 g/mol. The van der Waals surface area contributed by atoms with Gasteiger partial charge in [-0.05, 0) is 99.6 Å². The molecule has 4 atom stereocenters. The second-order valence-electron chi connectivity index (χ2n) is 12.6. The maximum absolute atomic E-state index is 15.4. The molecule has 1 aromatic heterocycles. The van der Waals surface area contributed by atoms with Crippen molar-refractivity contribution in [3.8, 4) is 5.88 Å². The minimum Gasteiger partial charge on any atom is -0.473 e. The molecule has 0 N–H and O–H groups in total. The van der Waals surface area contributed by atoms with Gasteiger partial charge in [0.2, 0.25) is 5.88 Å². The van der Waals surface area contributed by atoms with E-state index in [4.69, 9.17) is 9.47 Å². The summed E-state index contributed by atoms with van der Waals surface area (Å²) in [4.78, 5) is 19.1. The Hall–Kier alpha value is -3.46. The number of alkyl halides is 3. The summed E-state index contributed by atoms with van der Waals surface area (Å²) in [6.07, 6.45) is -1.83. The van der Waals surface area contributed by atoms with Crippen LogP contribution in [0.3, 0.4) is 0 Å². The number of nitrogens with zero attached hydrogens (tertiary/aromatic N) is 2. The van der Waals surface area contributed by atoms with Gasteiger partial charge in [-0.2, -0.15) is 13.2 Å². The van der Waals surface area contributed by atoms with Crippen LogP contribution in [0.2, 0.25) is 0 Å². The first-order valence-electron chi connectivity index (χ1n) is 14.1. The van der Waals surface area contributed by atoms with Crippen molar-refractivity contribution in [1.82, 2.24) is 9.88 Å². The average molecular weight is 585 g/mol. The largest absolute Gasteiger partial charge is 0.473 e. The van der Waals surface area contributed by atoms with Crippen LogP contribution in [0, 0.1) is 11.7 Å². The molecule has 224 valence electrons. The van der Waals surface area contributed by atoms with E-state index in [0.29, 0.717) is 24.0 Å². The second-order valence-corrected chi connectivity index (χ2v) is 12.6. The fourth-order valence-corrected chi connectivity index (χ4v) is 6.34. The van der Waals surface area contributed by atoms with E-state index in [2.05, 4.69) is 4.98 Å². The first-order chi connectivity index (χ1) is 19.6. The maximum Gasteiger partial charge on any atom is 0.416 e. The van der Waals surface area contributed by atoms with E-state index < -0.39 is 35.0 Å². The van der Waals surface area contributed by atoms with Gasteiger partial charge in [-0.25, -0.2) is 9.37 Å². The van der Waals surface area contributed by atoms with Crippen molar-refractivity contribution < 1.29 is 31.8 Å². The molecule has 0 aliphatic heterocycles. The normalized spacial score (nSPS) is 21.8. The highest BCUT2D eigenvalue weighted by Gasteiger charge is 2.41. The second kappa shape index (κ2) is 11.0. The van der Waals surface area contributed by atoms with E-state index in [9.17, 15) is 18.0 Å². The van der Waals surface area contributed by atoms with Crippen LogP contribution in [0.15, 0.2) is 48.7 Å². The number of rotatable bonds is 6. The summed E-state index contributed by atoms with van der Waals surface area (Å²) in [5, 5.41) is 0. The standard InChI is InChI=1S/C33H36F4N2O3/c1-18-11-19-13-29(38-16-25(19)30(18)31(40)42-32(2,3)4)41-17-20-12-22-23(15-28(39(5)6)24(22)14-27(20)34)21-9-7-8-10-26(21)33(35,36)37/h7-10,12-14,16,18,23,28,30H,11,15,17H2,1-6H3/t18-,23+,28-,30-/m0/s1. The monoisotopic (exact) mass is 584 g/mol. The Morgan fingerprint density at radius 3 is 2.40 bits per heavy atom. The lowest BCUT2D eigenvalue weighted by Crippen LogP contribution is -2.29. The van der Waals surface area contributed by atoms with Crippen molar-refractivity contribution in [3.63, 3.8) is 0 Å². The van der Waals surface area contributed by atoms with Crippen LogP contribution in [-0.4, -0.2) is 35.5 Å². The molecule has 0 fully saturated rings. The fourth-order valence-electron chi connectivity index (χ4n) is 6.34. The van der Waals surface area contributed by atoms with Gasteiger partial charge >= 0.3 is 12.1 Å². The minimum atomic E-state index is -4.50. The van der Waals surface area contributed by atoms with E-state index in [-0.39, 0.29) is 41.5 Å². The Labute approximate surface area is 243 Å². The molecule has 1 heterocycles. The van der Waals surface area contributed by atoms with E-state index in [1.54, 1.807) is 24.4 Å². The first-order valence-corrected chi connectivity index (χ1v) is 14.1. The molecule has 0 radical (unpaired) electrons. The molecule has 5 nitrogen and oxygen atoms in total. The van der Waals surface area contributed by atoms with E-state index in [1.807, 2.05) is 46.7 Å². The molecule has 42 heavy (non-hydrogen) atoms. The SMILES string of the molecule is C[C@H]1Cc2cc(OCc3cc4c(cc3F)[C@@H](N(C)C)C[C@@H]4c3ccccc3C(F)(F)F)ncc2[C@H]1C(=O)OC(C)(C)C. The number of esters is 1. The molecule has 0 unspecified atom stereocenters. The molecule has 0 saturated carbocycles. The minimum absolute atomic E-state index is 0.0298. The summed E-state index contributed by atoms with van der Waals surface area (Å²) in [6.45, 7) is 7.34. The predicted molar refractivity (Wildman–Crippen MR) is 151 cm³/mol. The van der Waals surface area contributed by atoms with Crippen LogP contribution in [0.4, 0.5) is 17.6 Å². The number of carbonyl (C=O) groups is 1. The van der Waals surface area contributed by atoms with Gasteiger partial charge in [0.1, 0.15) is 18.0 Å². The highest BCUT2D eigenvalue weighted by Crippen LogP contribution is 2.49. The van der Waals surface area contributed by atoms with Crippen LogP contribution in [0.1, 0.15) is 90.9 Å². The number of hydrogen-bond acceptors (Lipinski definition) is 5. The molecule has 5 rings (SSSR count). The Bertz CT molecular complexity index is 1500. The van der Waals surface area contributed by atoms with Crippen LogP contribution < -0.4 is 4.74 Å². The Morgan fingerprint density at radius 1 is 1.02 bits per heavy atom. The highest BCUT2D eigenvalue weighted by molar-refractivity contribution is 5.80. The third kappa shape index (κ3) is 5.89. The number of fused-ring (bicyclic) bond motifs is 2. The van der Waals surface area contributed by atoms with Crippen molar-refractivity contribution in [3.05, 3.63) is 93.4 Å². The van der Waals surface area contributed by atoms with Crippen molar-refractivity contribution in [1.29, 1.82) is 0 Å². The molecular formula is C33H36F4N2O3. The third-order valence-corrected chi connectivity index (χ3v) is 8.19. The molecule has 9 heteroatoms. The molecule has 3 aromatic rings. The topological polar surface area (TPSA) is 51.7 Å². The smallest absolute Gasteiger partial charge is 0.416 e. The molecule has 2 aromatic carbocycles. The summed E-state index contributed by atoms with van der Waals surface area (Å²) in [5.41, 5.74) is 2.22. The van der Waals surface area contributed by atoms with Crippen molar-refractivity contribution >= 4 is 5.97 Å². The highest BCUT2D eigenvalue weighted by atomic mass is 19.4. The summed E-state index contributed by atoms with van der Waals surface area (Å²) in [5.74, 6) is -1.42. The quantitative estimate of drug-likeness (QED) is 0.221. The summed E-state index contributed by atoms with van der Waals surface area (Å²) < 4.78 is 68.7. The molecule has 0 spiro atoms. The molecule has 0 amide bonds. The zero-order chi connectivity index (χ0) is 30.6. The number of benzene rings is 2. The van der Waals surface area contributed by atoms with Crippen LogP contribution in [0.25, 0.3) is 0 Å². The first kappa shape index (κ1) is 30.0. The van der Waals surface area contributed by atoms with Gasteiger partial charge in [0.15, 0.2) is 0 Å². The number of ether oxygens (including phenoxy) is 2. The van der Waals surface area contributed by atoms with E-state index in [0.717, 1.165) is 17.2 Å². The predicted octanol–water partition coefficient (Wildman–Crippen LogP) is 7.57. The zero-order valence-electron chi connectivity index (χ0n) is 24.7. The lowest BCUT2D eigenvalue weighted by molar-refractivity contribution is -0.157. The van der Waals surface area contributed by atoms with Gasteiger partial charge in [-0.15, -0.1) is 0 Å². The van der Waals surface area contributed by atoms with Gasteiger partial charge in [-0.3, -0.25) is 4.79 Å². The van der Waals surface area contributed by atoms with Gasteiger partial charge in [0, 0.05) is 29.8 Å². The molecule has 0 saturated heterocycles. The summed E-state index contributed by atoms with van der Waals surface area (Å²) >= 11 is 0. The Kier molecular flexibility index (Phi) is 7.85. The molecule has 2 aliphatic rings. The zero-order valence-corrected chi connectivity index (χ0v) is 24.7. The van der Waals surface area contributed by atoms with Gasteiger partial charge in [0.05, 0.1) is 11.5 Å². The van der Waals surface area contributed by atoms with Crippen LogP contribution in [0.5, 0.6) is 5.88 Å². The fraction of sp³-hybridized carbons (Fsp3) is 0.455. The van der Waals surface area contributed by atoms with Crippen molar-refractivity contribution in [2.75, 3.05) is 14.1 Å². The van der Waals surface area contributed by atoms with Crippen LogP contribution in [-0.2, 0) is 28.7 Å². The molecule has 0 bridgehead atoms. The van der Waals surface area contributed by atoms with Gasteiger partial charge < -0.3 is 14.4 Å². The van der Waals surface area contributed by atoms with Crippen molar-refractivity contribution in [2.24, 2.45) is 5.92 Å². The number of aromatic nitrogens is 1. The Morgan fingerprint density at radius 2 is 1.74 bits per heavy atom. The molecule has 2 aliphatic carbocycles. The number of hydrogen-bond donors (Lipinski definition) is 0. The number of halogens is 4. The van der Waals surface area contributed by atoms with Gasteiger partial charge in [0.25, 0.3) is 0 Å². The summed E-state index contributed by atoms with van der Waals surface area (Å²) in [6, 6.07) is 10.2. The lowest BCUT2D eigenvalue weighted by atomic mass is 9.88. The summed E-state index contributed by atoms with van der Waals surface area (Å²) in [7, 11) is 3.68. The lowest BCUT2D eigenvalue weighted by Gasteiger charge is -2.24. The Balaban J connectivity index is 1.41. The number of carbonyl (C=O) groups excluding carboxylic acids is 1. The van der Waals surface area contributed by atoms with E-state index >= 15 is 4.39 Å². The van der Waals surface area contributed by atoms with Crippen LogP contribution >= 0.6 is 0 Å². The average Bonchev–Trinajstić information content (AvgIpc) is 3.42. The maximum atomic E-state index is 15.4. The van der Waals surface area contributed by atoms with Crippen molar-refractivity contribution in [2.45, 2.75) is 76.8 Å². The number of pyridine rings is 1. The third-order valence-electron chi connectivity index (χ3n) is 8.19.